The number of nitrogens with one attached hydrogen (secondary N) is 1. The number of aryl methyl sites for hydroxylation is 1. The summed E-state index contributed by atoms with van der Waals surface area (Å²) in [6.45, 7) is 2.14. The summed E-state index contributed by atoms with van der Waals surface area (Å²) in [5.74, 6) is 0.585. The van der Waals surface area contributed by atoms with Crippen LogP contribution in [-0.2, 0) is 6.42 Å². The van der Waals surface area contributed by atoms with E-state index in [-0.39, 0.29) is 6.04 Å². The van der Waals surface area contributed by atoms with Gasteiger partial charge in [-0.2, -0.15) is 0 Å². The minimum Gasteiger partial charge on any atom is -0.495 e. The van der Waals surface area contributed by atoms with Crippen molar-refractivity contribution in [2.75, 3.05) is 14.2 Å². The second-order valence-electron chi connectivity index (χ2n) is 4.83. The van der Waals surface area contributed by atoms with Gasteiger partial charge in [-0.1, -0.05) is 54.4 Å². The van der Waals surface area contributed by atoms with Gasteiger partial charge >= 0.3 is 0 Å². The molecule has 0 saturated carbocycles. The Kier molecular flexibility index (Phi) is 5.51. The Balaban J connectivity index is 2.43. The van der Waals surface area contributed by atoms with Crippen LogP contribution in [0, 0.1) is 0 Å². The van der Waals surface area contributed by atoms with Crippen LogP contribution in [0.5, 0.6) is 5.75 Å². The molecule has 1 unspecified atom stereocenters. The molecule has 0 spiro atoms. The third-order valence-electron chi connectivity index (χ3n) is 3.59. The standard InChI is InChI=1S/C17H19Cl2NO/c1-4-11-5-7-12(8-6-11)17(20-2)13-9-15(19)16(21-3)10-14(13)18/h5-10,17,20H,4H2,1-3H3. The predicted molar refractivity (Wildman–Crippen MR) is 89.7 cm³/mol. The minimum atomic E-state index is -0.00758. The molecule has 0 amide bonds. The Labute approximate surface area is 136 Å². The zero-order chi connectivity index (χ0) is 15.4. The van der Waals surface area contributed by atoms with E-state index in [0.29, 0.717) is 15.8 Å². The van der Waals surface area contributed by atoms with E-state index in [1.165, 1.54) is 5.56 Å². The topological polar surface area (TPSA) is 21.3 Å². The summed E-state index contributed by atoms with van der Waals surface area (Å²) in [5, 5.41) is 4.49. The van der Waals surface area contributed by atoms with Crippen molar-refractivity contribution in [3.8, 4) is 5.75 Å². The molecule has 0 aliphatic heterocycles. The summed E-state index contributed by atoms with van der Waals surface area (Å²) in [4.78, 5) is 0. The lowest BCUT2D eigenvalue weighted by molar-refractivity contribution is 0.415. The van der Waals surface area contributed by atoms with E-state index in [9.17, 15) is 0 Å². The fourth-order valence-electron chi connectivity index (χ4n) is 2.37. The van der Waals surface area contributed by atoms with Gasteiger partial charge in [-0.15, -0.1) is 0 Å². The molecule has 0 aliphatic carbocycles. The molecule has 0 bridgehead atoms. The van der Waals surface area contributed by atoms with Gasteiger partial charge in [-0.3, -0.25) is 0 Å². The molecule has 2 rings (SSSR count). The average molecular weight is 324 g/mol. The molecule has 0 saturated heterocycles. The van der Waals surface area contributed by atoms with Crippen molar-refractivity contribution in [3.05, 3.63) is 63.1 Å². The highest BCUT2D eigenvalue weighted by Gasteiger charge is 2.17. The number of methoxy groups -OCH3 is 1. The SMILES string of the molecule is CCc1ccc(C(NC)c2cc(Cl)c(OC)cc2Cl)cc1. The molecule has 2 aromatic carbocycles. The highest BCUT2D eigenvalue weighted by atomic mass is 35.5. The van der Waals surface area contributed by atoms with Crippen LogP contribution >= 0.6 is 23.2 Å². The number of hydrogen-bond acceptors (Lipinski definition) is 2. The fourth-order valence-corrected chi connectivity index (χ4v) is 2.88. The largest absolute Gasteiger partial charge is 0.495 e. The molecule has 2 nitrogen and oxygen atoms in total. The Morgan fingerprint density at radius 2 is 1.76 bits per heavy atom. The Morgan fingerprint density at radius 3 is 2.29 bits per heavy atom. The van der Waals surface area contributed by atoms with Crippen LogP contribution in [0.2, 0.25) is 10.0 Å². The Hall–Kier alpha value is -1.22. The van der Waals surface area contributed by atoms with Gasteiger partial charge in [0.05, 0.1) is 18.2 Å². The highest BCUT2D eigenvalue weighted by Crippen LogP contribution is 2.36. The number of hydrogen-bond donors (Lipinski definition) is 1. The second-order valence-corrected chi connectivity index (χ2v) is 5.64. The van der Waals surface area contributed by atoms with E-state index in [0.717, 1.165) is 17.5 Å². The molecular weight excluding hydrogens is 305 g/mol. The molecule has 2 aromatic rings. The van der Waals surface area contributed by atoms with Crippen molar-refractivity contribution in [1.82, 2.24) is 5.32 Å². The van der Waals surface area contributed by atoms with E-state index >= 15 is 0 Å². The van der Waals surface area contributed by atoms with Crippen LogP contribution in [0.1, 0.15) is 29.7 Å². The first kappa shape index (κ1) is 16.2. The normalized spacial score (nSPS) is 12.2. The summed E-state index contributed by atoms with van der Waals surface area (Å²) in [5.41, 5.74) is 3.40. The molecule has 21 heavy (non-hydrogen) atoms. The molecule has 4 heteroatoms. The molecule has 0 fully saturated rings. The summed E-state index contributed by atoms with van der Waals surface area (Å²) in [6.07, 6.45) is 1.03. The van der Waals surface area contributed by atoms with Crippen LogP contribution < -0.4 is 10.1 Å². The molecule has 112 valence electrons. The number of benzene rings is 2. The molecule has 1 N–H and O–H groups in total. The summed E-state index contributed by atoms with van der Waals surface area (Å²) in [6, 6.07) is 12.1. The summed E-state index contributed by atoms with van der Waals surface area (Å²) < 4.78 is 5.19. The third-order valence-corrected chi connectivity index (χ3v) is 4.21. The maximum Gasteiger partial charge on any atom is 0.138 e. The Morgan fingerprint density at radius 1 is 1.10 bits per heavy atom. The smallest absolute Gasteiger partial charge is 0.138 e. The van der Waals surface area contributed by atoms with Crippen LogP contribution in [0.25, 0.3) is 0 Å². The zero-order valence-corrected chi connectivity index (χ0v) is 13.9. The number of rotatable bonds is 5. The maximum absolute atomic E-state index is 6.38. The summed E-state index contributed by atoms with van der Waals surface area (Å²) in [7, 11) is 3.49. The highest BCUT2D eigenvalue weighted by molar-refractivity contribution is 6.34. The molecule has 0 aromatic heterocycles. The Bertz CT molecular complexity index is 611. The molecule has 0 heterocycles. The van der Waals surface area contributed by atoms with Crippen LogP contribution in [-0.4, -0.2) is 14.2 Å². The molecule has 0 aliphatic rings. The van der Waals surface area contributed by atoms with Gasteiger partial charge in [-0.05, 0) is 36.2 Å². The average Bonchev–Trinajstić information content (AvgIpc) is 2.51. The van der Waals surface area contributed by atoms with Crippen molar-refractivity contribution in [1.29, 1.82) is 0 Å². The van der Waals surface area contributed by atoms with Gasteiger partial charge in [0.1, 0.15) is 5.75 Å². The van der Waals surface area contributed by atoms with Crippen molar-refractivity contribution in [3.63, 3.8) is 0 Å². The first-order valence-electron chi connectivity index (χ1n) is 6.89. The lowest BCUT2D eigenvalue weighted by Gasteiger charge is -2.20. The van der Waals surface area contributed by atoms with Gasteiger partial charge in [-0.25, -0.2) is 0 Å². The van der Waals surface area contributed by atoms with Crippen molar-refractivity contribution < 1.29 is 4.74 Å². The van der Waals surface area contributed by atoms with E-state index in [2.05, 4.69) is 36.5 Å². The third kappa shape index (κ3) is 3.52. The minimum absolute atomic E-state index is 0.00758. The zero-order valence-electron chi connectivity index (χ0n) is 12.4. The number of halogens is 2. The molecule has 1 atom stereocenters. The van der Waals surface area contributed by atoms with Crippen molar-refractivity contribution >= 4 is 23.2 Å². The van der Waals surface area contributed by atoms with Gasteiger partial charge in [0.15, 0.2) is 0 Å². The van der Waals surface area contributed by atoms with E-state index < -0.39 is 0 Å². The van der Waals surface area contributed by atoms with Crippen molar-refractivity contribution in [2.24, 2.45) is 0 Å². The summed E-state index contributed by atoms with van der Waals surface area (Å²) >= 11 is 12.6. The number of ether oxygens (including phenoxy) is 1. The van der Waals surface area contributed by atoms with E-state index in [1.54, 1.807) is 13.2 Å². The van der Waals surface area contributed by atoms with Crippen LogP contribution in [0.4, 0.5) is 0 Å². The van der Waals surface area contributed by atoms with Gasteiger partial charge in [0, 0.05) is 11.1 Å². The van der Waals surface area contributed by atoms with Crippen molar-refractivity contribution in [2.45, 2.75) is 19.4 Å². The molecular formula is C17H19Cl2NO. The van der Waals surface area contributed by atoms with Crippen LogP contribution in [0.3, 0.4) is 0 Å². The maximum atomic E-state index is 6.38. The van der Waals surface area contributed by atoms with E-state index in [1.807, 2.05) is 13.1 Å². The second kappa shape index (κ2) is 7.17. The predicted octanol–water partition coefficient (Wildman–Crippen LogP) is 4.87. The fraction of sp³-hybridized carbons (Fsp3) is 0.294. The van der Waals surface area contributed by atoms with Gasteiger partial charge in [0.2, 0.25) is 0 Å². The lowest BCUT2D eigenvalue weighted by atomic mass is 9.97. The molecule has 0 radical (unpaired) electrons. The first-order chi connectivity index (χ1) is 10.1. The lowest BCUT2D eigenvalue weighted by Crippen LogP contribution is -2.18. The van der Waals surface area contributed by atoms with Gasteiger partial charge in [0.25, 0.3) is 0 Å². The monoisotopic (exact) mass is 323 g/mol. The van der Waals surface area contributed by atoms with Gasteiger partial charge < -0.3 is 10.1 Å². The quantitative estimate of drug-likeness (QED) is 0.847. The first-order valence-corrected chi connectivity index (χ1v) is 7.65. The van der Waals surface area contributed by atoms with E-state index in [4.69, 9.17) is 27.9 Å². The van der Waals surface area contributed by atoms with Crippen LogP contribution in [0.15, 0.2) is 36.4 Å².